The van der Waals surface area contributed by atoms with Crippen LogP contribution in [0.2, 0.25) is 0 Å². The molecule has 7 rings (SSSR count). The summed E-state index contributed by atoms with van der Waals surface area (Å²) in [7, 11) is 0. The van der Waals surface area contributed by atoms with E-state index in [1.165, 1.54) is 226 Å². The maximum absolute atomic E-state index is 3.80. The van der Waals surface area contributed by atoms with Crippen molar-refractivity contribution in [3.05, 3.63) is 246 Å². The molecule has 0 unspecified atom stereocenters. The second kappa shape index (κ2) is 46.1. The van der Waals surface area contributed by atoms with E-state index >= 15 is 0 Å². The molecule has 0 aliphatic carbocycles. The van der Waals surface area contributed by atoms with E-state index in [0.717, 1.165) is 71.9 Å². The van der Waals surface area contributed by atoms with Gasteiger partial charge < -0.3 is 0 Å². The summed E-state index contributed by atoms with van der Waals surface area (Å²) in [6.07, 6.45) is 44.1. The third-order valence-electron chi connectivity index (χ3n) is 18.6. The zero-order valence-corrected chi connectivity index (χ0v) is 60.3. The Morgan fingerprint density at radius 1 is 0.146 bits per heavy atom. The molecule has 0 atom stereocenters. The van der Waals surface area contributed by atoms with Gasteiger partial charge >= 0.3 is 0 Å². The zero-order valence-electron chi connectivity index (χ0n) is 60.3. The number of aryl methyl sites for hydroxylation is 6. The largest absolute Gasteiger partial charge is 0.0654 e. The molecule has 7 aromatic rings. The summed E-state index contributed by atoms with van der Waals surface area (Å²) >= 11 is 0. The van der Waals surface area contributed by atoms with Crippen molar-refractivity contribution >= 4 is 0 Å². The molecule has 0 spiro atoms. The van der Waals surface area contributed by atoms with Gasteiger partial charge in [-0.2, -0.15) is 0 Å². The van der Waals surface area contributed by atoms with E-state index in [2.05, 4.69) is 258 Å². The number of unbranched alkanes of at least 4 members (excludes halogenated alkanes) is 24. The van der Waals surface area contributed by atoms with Crippen LogP contribution in [0.15, 0.2) is 146 Å². The number of rotatable bonds is 36. The summed E-state index contributed by atoms with van der Waals surface area (Å²) in [5, 5.41) is 0. The Kier molecular flexibility index (Phi) is 36.2. The van der Waals surface area contributed by atoms with Crippen molar-refractivity contribution in [2.45, 2.75) is 273 Å². The highest BCUT2D eigenvalue weighted by molar-refractivity contribution is 5.78. The maximum atomic E-state index is 3.80. The Bertz CT molecular complexity index is 3080. The fourth-order valence-corrected chi connectivity index (χ4v) is 12.4. The molecule has 498 valence electrons. The van der Waals surface area contributed by atoms with Crippen LogP contribution < -0.4 is 0 Å². The van der Waals surface area contributed by atoms with Crippen LogP contribution in [0.25, 0.3) is 0 Å². The van der Waals surface area contributed by atoms with Gasteiger partial charge in [-0.05, 0) is 183 Å². The molecule has 7 aromatic carbocycles. The van der Waals surface area contributed by atoms with Crippen LogP contribution in [0.5, 0.6) is 0 Å². The van der Waals surface area contributed by atoms with Crippen LogP contribution in [0.3, 0.4) is 0 Å². The predicted molar refractivity (Wildman–Crippen MR) is 416 cm³/mol. The van der Waals surface area contributed by atoms with Crippen molar-refractivity contribution < 1.29 is 0 Å². The van der Waals surface area contributed by atoms with Gasteiger partial charge in [0.25, 0.3) is 0 Å². The second-order valence-corrected chi connectivity index (χ2v) is 26.9. The van der Waals surface area contributed by atoms with Gasteiger partial charge in [0.1, 0.15) is 0 Å². The Morgan fingerprint density at radius 2 is 0.271 bits per heavy atom. The topological polar surface area (TPSA) is 0 Å². The van der Waals surface area contributed by atoms with E-state index in [9.17, 15) is 0 Å². The van der Waals surface area contributed by atoms with Crippen molar-refractivity contribution in [2.75, 3.05) is 0 Å². The average molecular weight is 1270 g/mol. The Balaban J connectivity index is 1.51. The van der Waals surface area contributed by atoms with Gasteiger partial charge in [0.05, 0.1) is 33.4 Å². The number of benzene rings is 7. The molecule has 0 N–H and O–H groups in total. The van der Waals surface area contributed by atoms with Crippen LogP contribution in [-0.2, 0) is 38.5 Å². The van der Waals surface area contributed by atoms with Crippen LogP contribution >= 0.6 is 0 Å². The molecule has 0 aromatic heterocycles. The fraction of sp³-hybridized carbons (Fsp3) is 0.438. The molecule has 0 saturated heterocycles. The third-order valence-corrected chi connectivity index (χ3v) is 18.6. The van der Waals surface area contributed by atoms with Crippen molar-refractivity contribution in [2.24, 2.45) is 0 Å². The van der Waals surface area contributed by atoms with E-state index in [4.69, 9.17) is 0 Å². The summed E-state index contributed by atoms with van der Waals surface area (Å²) in [5.74, 6) is 44.9. The summed E-state index contributed by atoms with van der Waals surface area (Å²) in [6.45, 7) is 13.7. The quantitative estimate of drug-likeness (QED) is 0.0271. The van der Waals surface area contributed by atoms with Gasteiger partial charge in [0, 0.05) is 33.4 Å². The average Bonchev–Trinajstić information content (AvgIpc) is 0.771. The lowest BCUT2D eigenvalue weighted by atomic mass is 9.86. The number of hydrogen-bond donors (Lipinski definition) is 0. The Labute approximate surface area is 585 Å². The Hall–Kier alpha value is -8.10. The molecule has 0 radical (unpaired) electrons. The van der Waals surface area contributed by atoms with Crippen LogP contribution in [-0.4, -0.2) is 0 Å². The Morgan fingerprint density at radius 3 is 0.396 bits per heavy atom. The van der Waals surface area contributed by atoms with Gasteiger partial charge in [0.2, 0.25) is 0 Å². The van der Waals surface area contributed by atoms with Crippen molar-refractivity contribution in [1.82, 2.24) is 0 Å². The van der Waals surface area contributed by atoms with Crippen LogP contribution in [0, 0.1) is 71.0 Å². The minimum Gasteiger partial charge on any atom is -0.0654 e. The fourth-order valence-electron chi connectivity index (χ4n) is 12.4. The van der Waals surface area contributed by atoms with Crippen molar-refractivity contribution in [1.29, 1.82) is 0 Å². The first-order chi connectivity index (χ1) is 47.4. The van der Waals surface area contributed by atoms with Crippen molar-refractivity contribution in [3.63, 3.8) is 0 Å². The van der Waals surface area contributed by atoms with Crippen LogP contribution in [0.4, 0.5) is 0 Å². The van der Waals surface area contributed by atoms with E-state index in [-0.39, 0.29) is 0 Å². The predicted octanol–water partition coefficient (Wildman–Crippen LogP) is 25.2. The first-order valence-electron chi connectivity index (χ1n) is 38.3. The molecule has 0 fully saturated rings. The van der Waals surface area contributed by atoms with Gasteiger partial charge in [-0.1, -0.05) is 339 Å². The lowest BCUT2D eigenvalue weighted by Crippen LogP contribution is -2.05. The SMILES string of the molecule is CCCCCCCc1ccc(C#Cc2c(C#Cc3ccc(CCCCCCC)cc3)c(C#Cc3ccc(CCCCCCC)cc3)c(C#Cc3ccc(CCCCCCC)cc3)c(C#Cc3ccc(CCCCCCC)cc3)c2C#Cc2ccc(CCCCCCC)cc2)cc1. The molecular formula is C96H114. The van der Waals surface area contributed by atoms with Gasteiger partial charge in [-0.15, -0.1) is 0 Å². The molecule has 0 nitrogen and oxygen atoms in total. The zero-order chi connectivity index (χ0) is 67.3. The molecule has 0 aliphatic heterocycles. The smallest absolute Gasteiger partial charge is 0.0588 e. The molecular weight excluding hydrogens is 1150 g/mol. The molecule has 96 heavy (non-hydrogen) atoms. The van der Waals surface area contributed by atoms with E-state index in [1.54, 1.807) is 0 Å². The summed E-state index contributed by atoms with van der Waals surface area (Å²) in [6, 6.07) is 53.4. The highest BCUT2D eigenvalue weighted by Gasteiger charge is 2.21. The van der Waals surface area contributed by atoms with Crippen LogP contribution in [0.1, 0.15) is 334 Å². The van der Waals surface area contributed by atoms with Crippen molar-refractivity contribution in [3.8, 4) is 71.0 Å². The normalized spacial score (nSPS) is 10.6. The molecule has 0 bridgehead atoms. The minimum atomic E-state index is 0.710. The molecule has 0 aliphatic rings. The molecule has 0 heteroatoms. The highest BCUT2D eigenvalue weighted by Crippen LogP contribution is 2.29. The summed E-state index contributed by atoms with van der Waals surface area (Å²) < 4.78 is 0. The molecule has 0 heterocycles. The van der Waals surface area contributed by atoms with E-state index < -0.39 is 0 Å². The molecule has 0 amide bonds. The third kappa shape index (κ3) is 28.3. The maximum Gasteiger partial charge on any atom is 0.0588 e. The summed E-state index contributed by atoms with van der Waals surface area (Å²) in [4.78, 5) is 0. The number of hydrogen-bond acceptors (Lipinski definition) is 0. The lowest BCUT2D eigenvalue weighted by Gasteiger charge is -2.13. The van der Waals surface area contributed by atoms with E-state index in [1.807, 2.05) is 0 Å². The highest BCUT2D eigenvalue weighted by atomic mass is 14.2. The summed E-state index contributed by atoms with van der Waals surface area (Å²) in [5.41, 5.74) is 17.9. The standard InChI is InChI=1S/C96H114/c1-7-13-19-25-31-37-79-43-55-85(56-44-79)67-73-91-92(74-68-86-57-45-80(46-58-86)38-32-26-20-14-8-2)94(76-70-88-61-49-82(50-62-88)40-34-28-22-16-10-4)96(78-72-90-65-53-84(54-66-90)42-36-30-24-18-12-6)95(77-71-89-63-51-83(52-64-89)41-35-29-23-17-11-5)93(91)75-69-87-59-47-81(48-60-87)39-33-27-21-15-9-3/h43-66H,7-42H2,1-6H3. The van der Waals surface area contributed by atoms with E-state index in [0.29, 0.717) is 33.4 Å². The van der Waals surface area contributed by atoms with Gasteiger partial charge in [-0.25, -0.2) is 0 Å². The van der Waals surface area contributed by atoms with Gasteiger partial charge in [-0.3, -0.25) is 0 Å². The first kappa shape index (κ1) is 75.3. The minimum absolute atomic E-state index is 0.710. The second-order valence-electron chi connectivity index (χ2n) is 26.9. The first-order valence-corrected chi connectivity index (χ1v) is 38.3. The monoisotopic (exact) mass is 1270 g/mol. The lowest BCUT2D eigenvalue weighted by molar-refractivity contribution is 0.632. The molecule has 0 saturated carbocycles. The van der Waals surface area contributed by atoms with Gasteiger partial charge in [0.15, 0.2) is 0 Å².